The summed E-state index contributed by atoms with van der Waals surface area (Å²) in [7, 11) is 4.18. The molecule has 5 heteroatoms. The zero-order valence-corrected chi connectivity index (χ0v) is 11.4. The SMILES string of the molecule is COC(=O)c1c2ccccc(OC)c-2c(C=O)c1OC. The molecule has 0 aromatic rings. The van der Waals surface area contributed by atoms with Crippen molar-refractivity contribution in [1.29, 1.82) is 0 Å². The van der Waals surface area contributed by atoms with E-state index in [4.69, 9.17) is 14.2 Å². The number of esters is 1. The standard InChI is InChI=1S/C15H14O5/c1-18-11-7-5-4-6-9-12(11)10(8-16)14(19-2)13(9)15(17)20-3/h4-8H,1-3H3. The van der Waals surface area contributed by atoms with Gasteiger partial charge in [0.1, 0.15) is 17.1 Å². The summed E-state index contributed by atoms with van der Waals surface area (Å²) < 4.78 is 15.3. The van der Waals surface area contributed by atoms with Crippen molar-refractivity contribution in [3.8, 4) is 22.6 Å². The summed E-state index contributed by atoms with van der Waals surface area (Å²) in [5, 5.41) is 0. The largest absolute Gasteiger partial charge is 0.496 e. The van der Waals surface area contributed by atoms with Crippen molar-refractivity contribution in [2.75, 3.05) is 21.3 Å². The summed E-state index contributed by atoms with van der Waals surface area (Å²) >= 11 is 0. The van der Waals surface area contributed by atoms with Crippen LogP contribution in [0.3, 0.4) is 0 Å². The average Bonchev–Trinajstić information content (AvgIpc) is 2.64. The summed E-state index contributed by atoms with van der Waals surface area (Å²) in [5.74, 6) is 0.125. The molecule has 0 aromatic heterocycles. The highest BCUT2D eigenvalue weighted by molar-refractivity contribution is 6.10. The Kier molecular flexibility index (Phi) is 3.89. The van der Waals surface area contributed by atoms with Crippen LogP contribution in [0.4, 0.5) is 0 Å². The van der Waals surface area contributed by atoms with Gasteiger partial charge in [-0.05, 0) is 6.07 Å². The minimum absolute atomic E-state index is 0.200. The van der Waals surface area contributed by atoms with Crippen LogP contribution in [-0.2, 0) is 4.74 Å². The molecule has 5 nitrogen and oxygen atoms in total. The molecule has 20 heavy (non-hydrogen) atoms. The summed E-state index contributed by atoms with van der Waals surface area (Å²) in [6, 6.07) is 6.96. The van der Waals surface area contributed by atoms with Crippen LogP contribution in [0.15, 0.2) is 24.3 Å². The van der Waals surface area contributed by atoms with E-state index >= 15 is 0 Å². The molecule has 2 rings (SSSR count). The lowest BCUT2D eigenvalue weighted by molar-refractivity contribution is 0.0598. The Morgan fingerprint density at radius 1 is 1.10 bits per heavy atom. The molecule has 0 amide bonds. The number of hydrogen-bond acceptors (Lipinski definition) is 5. The Bertz CT molecular complexity index is 633. The molecule has 0 saturated carbocycles. The molecule has 0 aliphatic heterocycles. The number of ether oxygens (including phenoxy) is 3. The van der Waals surface area contributed by atoms with Crippen molar-refractivity contribution in [3.63, 3.8) is 0 Å². The smallest absolute Gasteiger partial charge is 0.342 e. The summed E-state index contributed by atoms with van der Waals surface area (Å²) in [5.41, 5.74) is 1.58. The highest BCUT2D eigenvalue weighted by Gasteiger charge is 2.30. The van der Waals surface area contributed by atoms with Crippen LogP contribution in [0.25, 0.3) is 11.1 Å². The highest BCUT2D eigenvalue weighted by Crippen LogP contribution is 2.45. The molecule has 2 aliphatic carbocycles. The second-order valence-corrected chi connectivity index (χ2v) is 4.01. The summed E-state index contributed by atoms with van der Waals surface area (Å²) in [6.07, 6.45) is 0.649. The maximum Gasteiger partial charge on any atom is 0.342 e. The summed E-state index contributed by atoms with van der Waals surface area (Å²) in [4.78, 5) is 23.4. The molecule has 0 fully saturated rings. The molecule has 2 aliphatic rings. The van der Waals surface area contributed by atoms with Gasteiger partial charge in [-0.15, -0.1) is 0 Å². The van der Waals surface area contributed by atoms with Gasteiger partial charge in [0.15, 0.2) is 6.29 Å². The first-order valence-electron chi connectivity index (χ1n) is 5.89. The number of rotatable bonds is 4. The molecule has 0 radical (unpaired) electrons. The lowest BCUT2D eigenvalue weighted by Crippen LogP contribution is -2.03. The first-order chi connectivity index (χ1) is 9.69. The van der Waals surface area contributed by atoms with Gasteiger partial charge in [0.25, 0.3) is 0 Å². The fraction of sp³-hybridized carbons (Fsp3) is 0.200. The minimum Gasteiger partial charge on any atom is -0.496 e. The first-order valence-corrected chi connectivity index (χ1v) is 5.89. The van der Waals surface area contributed by atoms with Crippen LogP contribution in [0.2, 0.25) is 0 Å². The zero-order valence-electron chi connectivity index (χ0n) is 11.4. The molecule has 0 N–H and O–H groups in total. The van der Waals surface area contributed by atoms with Crippen molar-refractivity contribution in [2.45, 2.75) is 0 Å². The first kappa shape index (κ1) is 13.9. The third-order valence-electron chi connectivity index (χ3n) is 3.08. The van der Waals surface area contributed by atoms with Crippen LogP contribution in [0, 0.1) is 0 Å². The Balaban J connectivity index is 2.93. The lowest BCUT2D eigenvalue weighted by atomic mass is 10.1. The Morgan fingerprint density at radius 3 is 2.35 bits per heavy atom. The van der Waals surface area contributed by atoms with Crippen LogP contribution < -0.4 is 9.47 Å². The minimum atomic E-state index is -0.562. The second-order valence-electron chi connectivity index (χ2n) is 4.01. The van der Waals surface area contributed by atoms with Gasteiger partial charge in [0.2, 0.25) is 0 Å². The number of hydrogen-bond donors (Lipinski definition) is 0. The molecule has 0 heterocycles. The van der Waals surface area contributed by atoms with E-state index < -0.39 is 5.97 Å². The van der Waals surface area contributed by atoms with E-state index in [1.165, 1.54) is 21.3 Å². The lowest BCUT2D eigenvalue weighted by Gasteiger charge is -2.04. The summed E-state index contributed by atoms with van der Waals surface area (Å²) in [6.45, 7) is 0. The van der Waals surface area contributed by atoms with E-state index in [9.17, 15) is 9.59 Å². The topological polar surface area (TPSA) is 61.8 Å². The van der Waals surface area contributed by atoms with Crippen molar-refractivity contribution >= 4 is 12.3 Å². The Morgan fingerprint density at radius 2 is 1.80 bits per heavy atom. The highest BCUT2D eigenvalue weighted by atomic mass is 16.5. The number of aldehydes is 1. The van der Waals surface area contributed by atoms with E-state index in [1.807, 2.05) is 0 Å². The van der Waals surface area contributed by atoms with Crippen molar-refractivity contribution in [1.82, 2.24) is 0 Å². The van der Waals surface area contributed by atoms with E-state index in [0.29, 0.717) is 23.2 Å². The van der Waals surface area contributed by atoms with Gasteiger partial charge in [-0.2, -0.15) is 0 Å². The molecular weight excluding hydrogens is 260 g/mol. The molecule has 0 atom stereocenters. The van der Waals surface area contributed by atoms with E-state index in [-0.39, 0.29) is 16.9 Å². The predicted octanol–water partition coefficient (Wildman–Crippen LogP) is 2.41. The van der Waals surface area contributed by atoms with Crippen molar-refractivity contribution in [3.05, 3.63) is 35.4 Å². The third-order valence-corrected chi connectivity index (χ3v) is 3.08. The normalized spacial score (nSPS) is 10.2. The van der Waals surface area contributed by atoms with Gasteiger partial charge in [-0.3, -0.25) is 4.79 Å². The fourth-order valence-corrected chi connectivity index (χ4v) is 2.25. The van der Waals surface area contributed by atoms with E-state index in [1.54, 1.807) is 24.3 Å². The van der Waals surface area contributed by atoms with Crippen molar-refractivity contribution < 1.29 is 23.8 Å². The molecular formula is C15H14O5. The van der Waals surface area contributed by atoms with Crippen LogP contribution in [0.1, 0.15) is 20.7 Å². The average molecular weight is 274 g/mol. The van der Waals surface area contributed by atoms with Crippen LogP contribution >= 0.6 is 0 Å². The quantitative estimate of drug-likeness (QED) is 0.633. The fourth-order valence-electron chi connectivity index (χ4n) is 2.25. The monoisotopic (exact) mass is 274 g/mol. The Labute approximate surface area is 116 Å². The maximum atomic E-state index is 12.0. The maximum absolute atomic E-state index is 12.0. The third kappa shape index (κ3) is 1.97. The van der Waals surface area contributed by atoms with Gasteiger partial charge in [-0.25, -0.2) is 4.79 Å². The van der Waals surface area contributed by atoms with E-state index in [0.717, 1.165) is 0 Å². The second kappa shape index (κ2) is 5.61. The number of fused-ring (bicyclic) bond motifs is 1. The number of carbonyl (C=O) groups is 2. The van der Waals surface area contributed by atoms with Gasteiger partial charge < -0.3 is 14.2 Å². The predicted molar refractivity (Wildman–Crippen MR) is 72.9 cm³/mol. The van der Waals surface area contributed by atoms with Gasteiger partial charge >= 0.3 is 5.97 Å². The number of methoxy groups -OCH3 is 3. The molecule has 0 saturated heterocycles. The van der Waals surface area contributed by atoms with Gasteiger partial charge in [0.05, 0.1) is 26.9 Å². The van der Waals surface area contributed by atoms with Crippen molar-refractivity contribution in [2.24, 2.45) is 0 Å². The van der Waals surface area contributed by atoms with Gasteiger partial charge in [0, 0.05) is 11.1 Å². The van der Waals surface area contributed by atoms with Crippen LogP contribution in [0.5, 0.6) is 11.5 Å². The van der Waals surface area contributed by atoms with Crippen LogP contribution in [-0.4, -0.2) is 33.6 Å². The van der Waals surface area contributed by atoms with Gasteiger partial charge in [-0.1, -0.05) is 18.2 Å². The molecule has 0 aromatic carbocycles. The van der Waals surface area contributed by atoms with E-state index in [2.05, 4.69) is 0 Å². The molecule has 104 valence electrons. The number of carbonyl (C=O) groups excluding carboxylic acids is 2. The zero-order chi connectivity index (χ0) is 14.7. The molecule has 0 bridgehead atoms. The Hall–Kier alpha value is -2.56. The molecule has 0 unspecified atom stereocenters. The molecule has 0 spiro atoms.